The number of carbonyl (C=O) groups is 2. The number of methoxy groups -OCH3 is 1. The van der Waals surface area contributed by atoms with Gasteiger partial charge in [0.05, 0.1) is 19.3 Å². The Hall–Kier alpha value is -2.08. The minimum Gasteiger partial charge on any atom is -0.493 e. The van der Waals surface area contributed by atoms with Gasteiger partial charge >= 0.3 is 11.9 Å². The van der Waals surface area contributed by atoms with Crippen LogP contribution in [0, 0.1) is 0 Å². The monoisotopic (exact) mass is 254 g/mol. The number of hydrogen-bond acceptors (Lipinski definition) is 6. The lowest BCUT2D eigenvalue weighted by molar-refractivity contribution is -0.137. The Morgan fingerprint density at radius 3 is 2.56 bits per heavy atom. The molecule has 1 rings (SSSR count). The fourth-order valence-corrected chi connectivity index (χ4v) is 1.25. The van der Waals surface area contributed by atoms with Crippen LogP contribution in [-0.4, -0.2) is 37.4 Å². The topological polar surface area (TPSA) is 82.1 Å². The van der Waals surface area contributed by atoms with Crippen molar-refractivity contribution in [2.45, 2.75) is 6.92 Å². The summed E-state index contributed by atoms with van der Waals surface area (Å²) in [4.78, 5) is 22.4. The Morgan fingerprint density at radius 2 is 2.00 bits per heavy atom. The van der Waals surface area contributed by atoms with E-state index in [4.69, 9.17) is 19.3 Å². The lowest BCUT2D eigenvalue weighted by Gasteiger charge is -2.09. The number of benzene rings is 1. The zero-order valence-electron chi connectivity index (χ0n) is 10.1. The molecule has 0 spiro atoms. The molecule has 0 saturated heterocycles. The van der Waals surface area contributed by atoms with Gasteiger partial charge in [0.2, 0.25) is 0 Å². The first kappa shape index (κ1) is 14.0. The largest absolute Gasteiger partial charge is 0.493 e. The summed E-state index contributed by atoms with van der Waals surface area (Å²) in [6.45, 7) is 1.23. The van der Waals surface area contributed by atoms with Crippen molar-refractivity contribution in [2.24, 2.45) is 0 Å². The van der Waals surface area contributed by atoms with Gasteiger partial charge in [-0.1, -0.05) is 0 Å². The zero-order valence-corrected chi connectivity index (χ0v) is 10.1. The van der Waals surface area contributed by atoms with Crippen LogP contribution in [0.1, 0.15) is 17.3 Å². The van der Waals surface area contributed by atoms with E-state index in [-0.39, 0.29) is 23.7 Å². The van der Waals surface area contributed by atoms with Crippen molar-refractivity contribution in [1.82, 2.24) is 0 Å². The molecule has 1 N–H and O–H groups in total. The second-order valence-corrected chi connectivity index (χ2v) is 3.22. The van der Waals surface area contributed by atoms with Gasteiger partial charge in [0.15, 0.2) is 11.5 Å². The summed E-state index contributed by atoms with van der Waals surface area (Å²) in [5.74, 6) is -0.958. The van der Waals surface area contributed by atoms with Gasteiger partial charge < -0.3 is 19.3 Å². The molecule has 0 fully saturated rings. The number of carbonyl (C=O) groups excluding carboxylic acids is 2. The van der Waals surface area contributed by atoms with Crippen molar-refractivity contribution < 1.29 is 28.9 Å². The third-order valence-electron chi connectivity index (χ3n) is 2.03. The van der Waals surface area contributed by atoms with Crippen molar-refractivity contribution in [3.8, 4) is 11.5 Å². The molecule has 6 nitrogen and oxygen atoms in total. The minimum atomic E-state index is -0.808. The van der Waals surface area contributed by atoms with E-state index in [1.807, 2.05) is 0 Å². The Labute approximate surface area is 104 Å². The summed E-state index contributed by atoms with van der Waals surface area (Å²) in [7, 11) is 1.38. The molecule has 0 amide bonds. The number of aliphatic hydroxyl groups excluding tert-OH is 1. The van der Waals surface area contributed by atoms with Gasteiger partial charge in [-0.15, -0.1) is 0 Å². The van der Waals surface area contributed by atoms with Crippen LogP contribution in [0.25, 0.3) is 0 Å². The fourth-order valence-electron chi connectivity index (χ4n) is 1.25. The maximum Gasteiger partial charge on any atom is 0.338 e. The van der Waals surface area contributed by atoms with Gasteiger partial charge in [-0.25, -0.2) is 9.59 Å². The van der Waals surface area contributed by atoms with Gasteiger partial charge in [-0.3, -0.25) is 0 Å². The van der Waals surface area contributed by atoms with Gasteiger partial charge in [0.25, 0.3) is 0 Å². The molecule has 0 saturated carbocycles. The molecule has 6 heteroatoms. The Kier molecular flexibility index (Phi) is 5.13. The second kappa shape index (κ2) is 6.61. The molecular weight excluding hydrogens is 240 g/mol. The predicted octanol–water partition coefficient (Wildman–Crippen LogP) is 0.770. The van der Waals surface area contributed by atoms with Crippen molar-refractivity contribution >= 4 is 11.9 Å². The molecule has 1 aromatic carbocycles. The zero-order chi connectivity index (χ0) is 13.5. The summed E-state index contributed by atoms with van der Waals surface area (Å²) in [5, 5.41) is 8.58. The molecule has 0 aliphatic rings. The normalized spacial score (nSPS) is 9.72. The van der Waals surface area contributed by atoms with Gasteiger partial charge in [0, 0.05) is 0 Å². The van der Waals surface area contributed by atoms with Crippen LogP contribution in [0.2, 0.25) is 0 Å². The van der Waals surface area contributed by atoms with Crippen LogP contribution < -0.4 is 9.47 Å². The van der Waals surface area contributed by atoms with E-state index in [1.54, 1.807) is 6.92 Å². The van der Waals surface area contributed by atoms with Crippen LogP contribution in [0.3, 0.4) is 0 Å². The average Bonchev–Trinajstić information content (AvgIpc) is 2.39. The Morgan fingerprint density at radius 1 is 1.28 bits per heavy atom. The maximum absolute atomic E-state index is 11.5. The average molecular weight is 254 g/mol. The van der Waals surface area contributed by atoms with Crippen LogP contribution in [0.15, 0.2) is 18.2 Å². The third kappa shape index (κ3) is 3.46. The predicted molar refractivity (Wildman–Crippen MR) is 61.7 cm³/mol. The number of ether oxygens (including phenoxy) is 3. The molecule has 98 valence electrons. The van der Waals surface area contributed by atoms with E-state index < -0.39 is 18.5 Å². The summed E-state index contributed by atoms with van der Waals surface area (Å²) >= 11 is 0. The van der Waals surface area contributed by atoms with Crippen LogP contribution in [-0.2, 0) is 9.53 Å². The number of hydrogen-bond donors (Lipinski definition) is 1. The standard InChI is InChI=1S/C12H14O6/c1-3-17-12(15)8-4-5-9(10(6-8)16-2)18-11(14)7-13/h4-6,13H,3,7H2,1-2H3. The molecule has 0 aliphatic carbocycles. The van der Waals surface area contributed by atoms with Crippen LogP contribution in [0.5, 0.6) is 11.5 Å². The molecule has 0 unspecified atom stereocenters. The van der Waals surface area contributed by atoms with Gasteiger partial charge in [-0.2, -0.15) is 0 Å². The highest BCUT2D eigenvalue weighted by molar-refractivity contribution is 5.90. The molecule has 0 aromatic heterocycles. The molecule has 0 radical (unpaired) electrons. The Bertz CT molecular complexity index is 440. The van der Waals surface area contributed by atoms with E-state index in [9.17, 15) is 9.59 Å². The molecule has 1 aromatic rings. The van der Waals surface area contributed by atoms with Crippen molar-refractivity contribution in [2.75, 3.05) is 20.3 Å². The van der Waals surface area contributed by atoms with Crippen molar-refractivity contribution in [3.63, 3.8) is 0 Å². The molecule has 0 heterocycles. The van der Waals surface area contributed by atoms with E-state index in [2.05, 4.69) is 0 Å². The number of aliphatic hydroxyl groups is 1. The van der Waals surface area contributed by atoms with E-state index in [1.165, 1.54) is 25.3 Å². The highest BCUT2D eigenvalue weighted by Crippen LogP contribution is 2.28. The van der Waals surface area contributed by atoms with E-state index in [0.29, 0.717) is 0 Å². The van der Waals surface area contributed by atoms with Crippen molar-refractivity contribution in [3.05, 3.63) is 23.8 Å². The number of esters is 2. The van der Waals surface area contributed by atoms with E-state index in [0.717, 1.165) is 0 Å². The van der Waals surface area contributed by atoms with Crippen LogP contribution in [0.4, 0.5) is 0 Å². The summed E-state index contributed by atoms with van der Waals surface area (Å²) in [6, 6.07) is 4.25. The first-order chi connectivity index (χ1) is 8.62. The van der Waals surface area contributed by atoms with E-state index >= 15 is 0 Å². The highest BCUT2D eigenvalue weighted by Gasteiger charge is 2.13. The Balaban J connectivity index is 2.96. The number of rotatable bonds is 5. The van der Waals surface area contributed by atoms with Crippen LogP contribution >= 0.6 is 0 Å². The second-order valence-electron chi connectivity index (χ2n) is 3.22. The summed E-state index contributed by atoms with van der Waals surface area (Å²) in [6.07, 6.45) is 0. The smallest absolute Gasteiger partial charge is 0.338 e. The molecular formula is C12H14O6. The fraction of sp³-hybridized carbons (Fsp3) is 0.333. The first-order valence-electron chi connectivity index (χ1n) is 5.29. The van der Waals surface area contributed by atoms with Crippen molar-refractivity contribution in [1.29, 1.82) is 0 Å². The lowest BCUT2D eigenvalue weighted by atomic mass is 10.2. The third-order valence-corrected chi connectivity index (χ3v) is 2.03. The molecule has 0 aliphatic heterocycles. The molecule has 18 heavy (non-hydrogen) atoms. The van der Waals surface area contributed by atoms with Gasteiger partial charge in [-0.05, 0) is 25.1 Å². The molecule has 0 atom stereocenters. The maximum atomic E-state index is 11.5. The molecule has 0 bridgehead atoms. The van der Waals surface area contributed by atoms with Gasteiger partial charge in [0.1, 0.15) is 6.61 Å². The minimum absolute atomic E-state index is 0.129. The first-order valence-corrected chi connectivity index (χ1v) is 5.29. The summed E-state index contributed by atoms with van der Waals surface area (Å²) in [5.41, 5.74) is 0.289. The highest BCUT2D eigenvalue weighted by atomic mass is 16.6. The quantitative estimate of drug-likeness (QED) is 0.617. The SMILES string of the molecule is CCOC(=O)c1ccc(OC(=O)CO)c(OC)c1. The summed E-state index contributed by atoms with van der Waals surface area (Å²) < 4.78 is 14.6. The lowest BCUT2D eigenvalue weighted by Crippen LogP contribution is -2.13.